The monoisotopic (exact) mass is 449 g/mol. The standard InChI is InChI=1S/C21H21ClFN3O3S/c1-12(2)20-19(25-14-6-7-24-15(9-14)11-30(3,28)29)10-17(21(27)26-20)16-8-13(22)4-5-18(16)23/h4-10,12H,11H2,1-3H3,(H,24,25)(H,26,27). The normalized spacial score (nSPS) is 11.7. The second-order valence-electron chi connectivity index (χ2n) is 7.35. The maximum Gasteiger partial charge on any atom is 0.256 e. The molecule has 9 heteroatoms. The van der Waals surface area contributed by atoms with Crippen molar-refractivity contribution in [1.82, 2.24) is 9.97 Å². The Morgan fingerprint density at radius 1 is 1.17 bits per heavy atom. The number of rotatable bonds is 6. The first kappa shape index (κ1) is 22.0. The number of aromatic nitrogens is 2. The van der Waals surface area contributed by atoms with E-state index in [1.807, 2.05) is 13.8 Å². The molecule has 3 aromatic rings. The SMILES string of the molecule is CC(C)c1[nH]c(=O)c(-c2cc(Cl)ccc2F)cc1Nc1ccnc(CS(C)(=O)=O)c1. The van der Waals surface area contributed by atoms with Crippen LogP contribution in [0.4, 0.5) is 15.8 Å². The summed E-state index contributed by atoms with van der Waals surface area (Å²) in [5.74, 6) is -0.785. The molecule has 0 radical (unpaired) electrons. The molecule has 0 atom stereocenters. The Hall–Kier alpha value is -2.71. The third-order valence-electron chi connectivity index (χ3n) is 4.37. The van der Waals surface area contributed by atoms with E-state index in [-0.39, 0.29) is 22.8 Å². The maximum absolute atomic E-state index is 14.4. The summed E-state index contributed by atoms with van der Waals surface area (Å²) in [4.78, 5) is 19.6. The van der Waals surface area contributed by atoms with Crippen LogP contribution in [0.5, 0.6) is 0 Å². The number of hydrogen-bond donors (Lipinski definition) is 2. The lowest BCUT2D eigenvalue weighted by atomic mass is 10.0. The van der Waals surface area contributed by atoms with Gasteiger partial charge in [0.25, 0.3) is 5.56 Å². The van der Waals surface area contributed by atoms with Crippen LogP contribution in [0.25, 0.3) is 11.1 Å². The fourth-order valence-corrected chi connectivity index (χ4v) is 3.93. The van der Waals surface area contributed by atoms with Crippen molar-refractivity contribution in [2.75, 3.05) is 11.6 Å². The summed E-state index contributed by atoms with van der Waals surface area (Å²) in [6.45, 7) is 3.83. The number of halogens is 2. The van der Waals surface area contributed by atoms with Crippen LogP contribution in [0.3, 0.4) is 0 Å². The topological polar surface area (TPSA) is 91.9 Å². The molecule has 0 amide bonds. The molecule has 2 aromatic heterocycles. The van der Waals surface area contributed by atoms with Crippen molar-refractivity contribution in [3.8, 4) is 11.1 Å². The summed E-state index contributed by atoms with van der Waals surface area (Å²) in [6, 6.07) is 8.89. The third kappa shape index (κ3) is 5.25. The number of pyridine rings is 2. The molecular weight excluding hydrogens is 429 g/mol. The summed E-state index contributed by atoms with van der Waals surface area (Å²) in [5, 5.41) is 3.50. The summed E-state index contributed by atoms with van der Waals surface area (Å²) >= 11 is 5.99. The lowest BCUT2D eigenvalue weighted by Gasteiger charge is -2.17. The molecule has 0 aliphatic heterocycles. The van der Waals surface area contributed by atoms with Crippen LogP contribution in [0.1, 0.15) is 31.2 Å². The minimum atomic E-state index is -3.24. The number of benzene rings is 1. The average molecular weight is 450 g/mol. The first-order valence-corrected chi connectivity index (χ1v) is 11.6. The van der Waals surface area contributed by atoms with Gasteiger partial charge < -0.3 is 10.3 Å². The Morgan fingerprint density at radius 3 is 2.57 bits per heavy atom. The zero-order chi connectivity index (χ0) is 22.1. The van der Waals surface area contributed by atoms with E-state index >= 15 is 0 Å². The van der Waals surface area contributed by atoms with Gasteiger partial charge in [0.05, 0.1) is 22.7 Å². The Labute approximate surface area is 179 Å². The van der Waals surface area contributed by atoms with Crippen LogP contribution in [-0.4, -0.2) is 24.6 Å². The van der Waals surface area contributed by atoms with E-state index < -0.39 is 21.2 Å². The van der Waals surface area contributed by atoms with Gasteiger partial charge >= 0.3 is 0 Å². The summed E-state index contributed by atoms with van der Waals surface area (Å²) in [7, 11) is -3.24. The quantitative estimate of drug-likeness (QED) is 0.572. The van der Waals surface area contributed by atoms with Crippen LogP contribution in [0, 0.1) is 5.82 Å². The molecule has 6 nitrogen and oxygen atoms in total. The number of H-pyrrole nitrogens is 1. The van der Waals surface area contributed by atoms with E-state index in [2.05, 4.69) is 15.3 Å². The van der Waals surface area contributed by atoms with Gasteiger partial charge in [0.2, 0.25) is 0 Å². The molecule has 0 fully saturated rings. The Balaban J connectivity index is 2.09. The van der Waals surface area contributed by atoms with Gasteiger partial charge in [-0.1, -0.05) is 25.4 Å². The smallest absolute Gasteiger partial charge is 0.256 e. The number of nitrogens with zero attached hydrogens (tertiary/aromatic N) is 1. The molecule has 0 unspecified atom stereocenters. The van der Waals surface area contributed by atoms with Crippen molar-refractivity contribution in [1.29, 1.82) is 0 Å². The molecule has 1 aromatic carbocycles. The van der Waals surface area contributed by atoms with Gasteiger partial charge in [-0.25, -0.2) is 12.8 Å². The van der Waals surface area contributed by atoms with Gasteiger partial charge in [-0.05, 0) is 42.3 Å². The van der Waals surface area contributed by atoms with E-state index in [4.69, 9.17) is 11.6 Å². The van der Waals surface area contributed by atoms with Crippen molar-refractivity contribution >= 4 is 32.8 Å². The molecule has 0 saturated heterocycles. The molecule has 158 valence electrons. The number of sulfone groups is 1. The lowest BCUT2D eigenvalue weighted by molar-refractivity contribution is 0.600. The zero-order valence-electron chi connectivity index (χ0n) is 16.7. The molecule has 2 N–H and O–H groups in total. The van der Waals surface area contributed by atoms with Gasteiger partial charge in [-0.2, -0.15) is 0 Å². The fraction of sp³-hybridized carbons (Fsp3) is 0.238. The van der Waals surface area contributed by atoms with Crippen molar-refractivity contribution in [2.24, 2.45) is 0 Å². The molecule has 0 bridgehead atoms. The van der Waals surface area contributed by atoms with E-state index in [0.717, 1.165) is 6.26 Å². The van der Waals surface area contributed by atoms with Gasteiger partial charge in [-0.15, -0.1) is 0 Å². The molecule has 0 aliphatic carbocycles. The summed E-state index contributed by atoms with van der Waals surface area (Å²) in [6.07, 6.45) is 2.64. The van der Waals surface area contributed by atoms with Crippen LogP contribution < -0.4 is 10.9 Å². The second kappa shape index (κ2) is 8.57. The number of nitrogens with one attached hydrogen (secondary N) is 2. The Bertz CT molecular complexity index is 1260. The third-order valence-corrected chi connectivity index (χ3v) is 5.43. The number of aromatic amines is 1. The predicted molar refractivity (Wildman–Crippen MR) is 118 cm³/mol. The first-order valence-electron chi connectivity index (χ1n) is 9.16. The molecular formula is C21H21ClFN3O3S. The molecule has 30 heavy (non-hydrogen) atoms. The van der Waals surface area contributed by atoms with Crippen LogP contribution >= 0.6 is 11.6 Å². The maximum atomic E-state index is 14.4. The lowest BCUT2D eigenvalue weighted by Crippen LogP contribution is -2.15. The van der Waals surface area contributed by atoms with Gasteiger partial charge in [0, 0.05) is 34.4 Å². The van der Waals surface area contributed by atoms with Gasteiger partial charge in [-0.3, -0.25) is 9.78 Å². The van der Waals surface area contributed by atoms with Gasteiger partial charge in [0.1, 0.15) is 5.82 Å². The van der Waals surface area contributed by atoms with E-state index in [9.17, 15) is 17.6 Å². The number of hydrogen-bond acceptors (Lipinski definition) is 5. The summed E-state index contributed by atoms with van der Waals surface area (Å²) < 4.78 is 37.5. The molecule has 3 rings (SSSR count). The molecule has 0 saturated carbocycles. The van der Waals surface area contributed by atoms with E-state index in [1.165, 1.54) is 24.4 Å². The fourth-order valence-electron chi connectivity index (χ4n) is 3.07. The second-order valence-corrected chi connectivity index (χ2v) is 9.93. The minimum absolute atomic E-state index is 0.0317. The Morgan fingerprint density at radius 2 is 1.90 bits per heavy atom. The predicted octanol–water partition coefficient (Wildman–Crippen LogP) is 4.64. The Kier molecular flexibility index (Phi) is 6.28. The summed E-state index contributed by atoms with van der Waals surface area (Å²) in [5.41, 5.74) is 1.97. The molecule has 2 heterocycles. The van der Waals surface area contributed by atoms with Crippen molar-refractivity contribution in [2.45, 2.75) is 25.5 Å². The average Bonchev–Trinajstić information content (AvgIpc) is 2.63. The van der Waals surface area contributed by atoms with Crippen molar-refractivity contribution < 1.29 is 12.8 Å². The van der Waals surface area contributed by atoms with Crippen LogP contribution in [0.2, 0.25) is 5.02 Å². The largest absolute Gasteiger partial charge is 0.354 e. The number of anilines is 2. The molecule has 0 spiro atoms. The zero-order valence-corrected chi connectivity index (χ0v) is 18.2. The van der Waals surface area contributed by atoms with Crippen molar-refractivity contribution in [3.05, 3.63) is 75.2 Å². The first-order chi connectivity index (χ1) is 14.0. The highest BCUT2D eigenvalue weighted by Gasteiger charge is 2.16. The minimum Gasteiger partial charge on any atom is -0.354 e. The van der Waals surface area contributed by atoms with Gasteiger partial charge in [0.15, 0.2) is 9.84 Å². The molecule has 0 aliphatic rings. The highest BCUT2D eigenvalue weighted by molar-refractivity contribution is 7.89. The van der Waals surface area contributed by atoms with Crippen molar-refractivity contribution in [3.63, 3.8) is 0 Å². The van der Waals surface area contributed by atoms with Crippen LogP contribution in [0.15, 0.2) is 47.4 Å². The van der Waals surface area contributed by atoms with Crippen LogP contribution in [-0.2, 0) is 15.6 Å². The highest BCUT2D eigenvalue weighted by Crippen LogP contribution is 2.30. The van der Waals surface area contributed by atoms with E-state index in [1.54, 1.807) is 18.2 Å². The highest BCUT2D eigenvalue weighted by atomic mass is 35.5. The van der Waals surface area contributed by atoms with E-state index in [0.29, 0.717) is 27.8 Å².